The van der Waals surface area contributed by atoms with Crippen molar-refractivity contribution in [1.82, 2.24) is 4.57 Å². The molecule has 3 rings (SSSR count). The van der Waals surface area contributed by atoms with Crippen LogP contribution in [0.4, 0.5) is 0 Å². The Labute approximate surface area is 161 Å². The number of hydrogen-bond acceptors (Lipinski definition) is 4. The molecule has 1 aromatic heterocycles. The minimum absolute atomic E-state index is 0.0661. The van der Waals surface area contributed by atoms with Crippen LogP contribution < -0.4 is 9.54 Å². The molecular weight excluding hydrogens is 364 g/mol. The lowest BCUT2D eigenvalue weighted by molar-refractivity contribution is -0.118. The highest BCUT2D eigenvalue weighted by molar-refractivity contribution is 7.99. The number of aryl methyl sites for hydroxylation is 2. The van der Waals surface area contributed by atoms with Gasteiger partial charge in [0.05, 0.1) is 17.3 Å². The topological polar surface area (TPSA) is 43.6 Å². The van der Waals surface area contributed by atoms with Crippen LogP contribution in [0.25, 0.3) is 10.2 Å². The number of benzene rings is 2. The molecule has 0 saturated heterocycles. The molecule has 0 aliphatic carbocycles. The van der Waals surface area contributed by atoms with Crippen molar-refractivity contribution in [2.24, 2.45) is 12.0 Å². The Balaban J connectivity index is 1.60. The number of carbonyl (C=O) groups excluding carboxylic acids is 1. The van der Waals surface area contributed by atoms with E-state index >= 15 is 0 Å². The summed E-state index contributed by atoms with van der Waals surface area (Å²) in [5.41, 5.74) is 2.31. The van der Waals surface area contributed by atoms with Crippen LogP contribution in [0.1, 0.15) is 18.4 Å². The summed E-state index contributed by atoms with van der Waals surface area (Å²) in [5, 5.41) is 0. The third-order valence-corrected chi connectivity index (χ3v) is 6.25. The molecule has 0 bridgehead atoms. The maximum absolute atomic E-state index is 12.2. The van der Waals surface area contributed by atoms with Crippen LogP contribution in [0.3, 0.4) is 0 Å². The van der Waals surface area contributed by atoms with Crippen molar-refractivity contribution in [3.63, 3.8) is 0 Å². The summed E-state index contributed by atoms with van der Waals surface area (Å²) in [5.74, 6) is 1.66. The number of hydrogen-bond donors (Lipinski definition) is 0. The molecule has 0 spiro atoms. The molecule has 0 atom stereocenters. The summed E-state index contributed by atoms with van der Waals surface area (Å²) in [6.07, 6.45) is 1.29. The van der Waals surface area contributed by atoms with E-state index in [4.69, 9.17) is 4.74 Å². The van der Waals surface area contributed by atoms with Crippen LogP contribution in [-0.4, -0.2) is 23.3 Å². The molecule has 6 heteroatoms. The molecule has 3 aromatic rings. The zero-order chi connectivity index (χ0) is 18.5. The monoisotopic (exact) mass is 386 g/mol. The molecular formula is C20H22N2O2S2. The van der Waals surface area contributed by atoms with Crippen LogP contribution in [0, 0.1) is 6.92 Å². The van der Waals surface area contributed by atoms with E-state index in [1.54, 1.807) is 18.9 Å². The highest BCUT2D eigenvalue weighted by atomic mass is 32.2. The molecule has 2 aromatic carbocycles. The average molecular weight is 387 g/mol. The largest absolute Gasteiger partial charge is 0.497 e. The number of amides is 1. The second kappa shape index (κ2) is 8.56. The van der Waals surface area contributed by atoms with E-state index in [2.05, 4.69) is 36.2 Å². The third kappa shape index (κ3) is 4.56. The Kier molecular flexibility index (Phi) is 6.16. The standard InChI is InChI=1S/C20H22N2O2S2/c1-14-6-9-16(10-7-14)25-12-4-5-19(23)21-20-22(2)17-11-8-15(24-3)13-18(17)26-20/h6-11,13H,4-5,12H2,1-3H3. The number of ether oxygens (including phenoxy) is 1. The molecule has 4 nitrogen and oxygen atoms in total. The lowest BCUT2D eigenvalue weighted by Gasteiger charge is -2.01. The molecule has 0 aliphatic heterocycles. The fourth-order valence-corrected chi connectivity index (χ4v) is 4.48. The van der Waals surface area contributed by atoms with Gasteiger partial charge in [-0.2, -0.15) is 4.99 Å². The van der Waals surface area contributed by atoms with E-state index in [-0.39, 0.29) is 5.91 Å². The minimum Gasteiger partial charge on any atom is -0.497 e. The number of rotatable bonds is 6. The van der Waals surface area contributed by atoms with Gasteiger partial charge >= 0.3 is 0 Å². The summed E-state index contributed by atoms with van der Waals surface area (Å²) >= 11 is 3.29. The van der Waals surface area contributed by atoms with Gasteiger partial charge in [-0.1, -0.05) is 29.0 Å². The van der Waals surface area contributed by atoms with Gasteiger partial charge in [0, 0.05) is 18.4 Å². The summed E-state index contributed by atoms with van der Waals surface area (Å²) in [6.45, 7) is 2.08. The number of carbonyl (C=O) groups is 1. The first-order chi connectivity index (χ1) is 12.6. The number of thioether (sulfide) groups is 1. The van der Waals surface area contributed by atoms with Crippen LogP contribution in [0.2, 0.25) is 0 Å². The van der Waals surface area contributed by atoms with Gasteiger partial charge in [-0.25, -0.2) is 0 Å². The number of fused-ring (bicyclic) bond motifs is 1. The summed E-state index contributed by atoms with van der Waals surface area (Å²) in [6, 6.07) is 14.4. The van der Waals surface area contributed by atoms with Crippen molar-refractivity contribution in [2.75, 3.05) is 12.9 Å². The number of aromatic nitrogens is 1. The van der Waals surface area contributed by atoms with Crippen LogP contribution in [-0.2, 0) is 11.8 Å². The van der Waals surface area contributed by atoms with E-state index in [0.29, 0.717) is 6.42 Å². The quantitative estimate of drug-likeness (QED) is 0.461. The summed E-state index contributed by atoms with van der Waals surface area (Å²) in [7, 11) is 3.59. The smallest absolute Gasteiger partial charge is 0.248 e. The SMILES string of the molecule is COc1ccc2c(c1)sc(=NC(=O)CCCSc1ccc(C)cc1)n2C. The van der Waals surface area contributed by atoms with Crippen LogP contribution in [0.15, 0.2) is 52.4 Å². The molecule has 0 radical (unpaired) electrons. The van der Waals surface area contributed by atoms with Gasteiger partial charge in [0.1, 0.15) is 5.75 Å². The van der Waals surface area contributed by atoms with Gasteiger partial charge < -0.3 is 9.30 Å². The molecule has 0 aliphatic rings. The highest BCUT2D eigenvalue weighted by Crippen LogP contribution is 2.22. The Morgan fingerprint density at radius 1 is 1.23 bits per heavy atom. The van der Waals surface area contributed by atoms with Gasteiger partial charge in [-0.05, 0) is 49.4 Å². The van der Waals surface area contributed by atoms with Crippen molar-refractivity contribution in [3.05, 3.63) is 52.8 Å². The van der Waals surface area contributed by atoms with E-state index in [9.17, 15) is 4.79 Å². The van der Waals surface area contributed by atoms with Gasteiger partial charge in [0.25, 0.3) is 0 Å². The number of methoxy groups -OCH3 is 1. The molecule has 1 amide bonds. The average Bonchev–Trinajstić information content (AvgIpc) is 2.95. The van der Waals surface area contributed by atoms with Gasteiger partial charge in [-0.3, -0.25) is 4.79 Å². The van der Waals surface area contributed by atoms with E-state index in [1.165, 1.54) is 21.8 Å². The molecule has 0 unspecified atom stereocenters. The Bertz CT molecular complexity index is 972. The molecule has 0 fully saturated rings. The summed E-state index contributed by atoms with van der Waals surface area (Å²) < 4.78 is 8.28. The van der Waals surface area contributed by atoms with Gasteiger partial charge in [-0.15, -0.1) is 11.8 Å². The first-order valence-electron chi connectivity index (χ1n) is 8.47. The zero-order valence-corrected chi connectivity index (χ0v) is 16.8. The van der Waals surface area contributed by atoms with Crippen molar-refractivity contribution in [3.8, 4) is 5.75 Å². The van der Waals surface area contributed by atoms with E-state index in [0.717, 1.165) is 32.9 Å². The predicted octanol–water partition coefficient (Wildman–Crippen LogP) is 4.56. The Hall–Kier alpha value is -2.05. The molecule has 0 saturated carbocycles. The highest BCUT2D eigenvalue weighted by Gasteiger charge is 2.06. The van der Waals surface area contributed by atoms with Crippen molar-refractivity contribution >= 4 is 39.2 Å². The van der Waals surface area contributed by atoms with Crippen molar-refractivity contribution < 1.29 is 9.53 Å². The number of thiazole rings is 1. The van der Waals surface area contributed by atoms with Gasteiger partial charge in [0.15, 0.2) is 4.80 Å². The van der Waals surface area contributed by atoms with E-state index < -0.39 is 0 Å². The predicted molar refractivity (Wildman–Crippen MR) is 109 cm³/mol. The fraction of sp³-hybridized carbons (Fsp3) is 0.300. The maximum Gasteiger partial charge on any atom is 0.248 e. The Morgan fingerprint density at radius 3 is 2.73 bits per heavy atom. The maximum atomic E-state index is 12.2. The fourth-order valence-electron chi connectivity index (χ4n) is 2.56. The molecule has 0 N–H and O–H groups in total. The normalized spacial score (nSPS) is 11.9. The minimum atomic E-state index is -0.0661. The van der Waals surface area contributed by atoms with Crippen molar-refractivity contribution in [1.29, 1.82) is 0 Å². The van der Waals surface area contributed by atoms with Crippen LogP contribution in [0.5, 0.6) is 5.75 Å². The molecule has 136 valence electrons. The lowest BCUT2D eigenvalue weighted by atomic mass is 10.2. The second-order valence-electron chi connectivity index (χ2n) is 6.05. The molecule has 26 heavy (non-hydrogen) atoms. The molecule has 1 heterocycles. The van der Waals surface area contributed by atoms with Gasteiger partial charge in [0.2, 0.25) is 5.91 Å². The first-order valence-corrected chi connectivity index (χ1v) is 10.3. The lowest BCUT2D eigenvalue weighted by Crippen LogP contribution is -2.13. The second-order valence-corrected chi connectivity index (χ2v) is 8.23. The zero-order valence-electron chi connectivity index (χ0n) is 15.2. The first kappa shape index (κ1) is 18.7. The Morgan fingerprint density at radius 2 is 2.00 bits per heavy atom. The van der Waals surface area contributed by atoms with Crippen molar-refractivity contribution in [2.45, 2.75) is 24.7 Å². The third-order valence-electron chi connectivity index (χ3n) is 4.06. The summed E-state index contributed by atoms with van der Waals surface area (Å²) in [4.78, 5) is 18.5. The van der Waals surface area contributed by atoms with E-state index in [1.807, 2.05) is 29.8 Å². The van der Waals surface area contributed by atoms with Crippen LogP contribution >= 0.6 is 23.1 Å². The number of nitrogens with zero attached hydrogens (tertiary/aromatic N) is 2.